The first-order valence-electron chi connectivity index (χ1n) is 10.8. The molecule has 0 saturated carbocycles. The molecule has 5 rings (SSSR count). The number of carbonyl (C=O) groups excluding carboxylic acids is 1. The summed E-state index contributed by atoms with van der Waals surface area (Å²) in [5.41, 5.74) is 1.98. The van der Waals surface area contributed by atoms with E-state index in [2.05, 4.69) is 30.0 Å². The number of nitrogens with zero attached hydrogens (tertiary/aromatic N) is 3. The van der Waals surface area contributed by atoms with Gasteiger partial charge in [0.25, 0.3) is 5.91 Å². The number of likely N-dealkylation sites (N-methyl/N-ethyl adjacent to an activating group) is 1. The summed E-state index contributed by atoms with van der Waals surface area (Å²) in [4.78, 5) is 23.8. The Morgan fingerprint density at radius 1 is 0.939 bits per heavy atom. The van der Waals surface area contributed by atoms with Crippen molar-refractivity contribution in [3.8, 4) is 0 Å². The molecule has 0 aromatic heterocycles. The van der Waals surface area contributed by atoms with Gasteiger partial charge in [-0.15, -0.1) is 0 Å². The van der Waals surface area contributed by atoms with Crippen LogP contribution in [0.2, 0.25) is 5.02 Å². The first kappa shape index (κ1) is 22.1. The third kappa shape index (κ3) is 4.19. The smallest absolute Gasteiger partial charge is 0.266 e. The van der Waals surface area contributed by atoms with Gasteiger partial charge in [-0.25, -0.2) is 4.99 Å². The molecule has 2 aliphatic heterocycles. The number of thioether (sulfide) groups is 2. The minimum Gasteiger partial charge on any atom is -0.335 e. The molecule has 3 aromatic rings. The summed E-state index contributed by atoms with van der Waals surface area (Å²) >= 11 is 9.33. The van der Waals surface area contributed by atoms with E-state index in [1.54, 1.807) is 16.7 Å². The van der Waals surface area contributed by atoms with Crippen molar-refractivity contribution in [2.45, 2.75) is 18.7 Å². The number of fused-ring (bicyclic) bond motifs is 2. The molecule has 2 aliphatic rings. The summed E-state index contributed by atoms with van der Waals surface area (Å²) in [7, 11) is 0. The molecule has 166 valence electrons. The molecular weight excluding hydrogens is 470 g/mol. The molecule has 33 heavy (non-hydrogen) atoms. The van der Waals surface area contributed by atoms with E-state index in [4.69, 9.17) is 16.6 Å². The Balaban J connectivity index is 1.47. The predicted molar refractivity (Wildman–Crippen MR) is 143 cm³/mol. The number of benzene rings is 3. The highest BCUT2D eigenvalue weighted by Gasteiger charge is 2.32. The standard InChI is InChI=1S/C26H22ClN3OS2/c1-3-29-21-16-18(27)12-13-22(21)32-24(29)15-14-23-25(31)30(4-2)26(33-23)28-20-11-7-9-17-8-5-6-10-19(17)20/h5-16H,3-4H2,1-2H3/b23-14+,24-15-,28-26?. The number of hydrogen-bond donors (Lipinski definition) is 0. The van der Waals surface area contributed by atoms with Crippen molar-refractivity contribution in [3.63, 3.8) is 0 Å². The molecule has 1 amide bonds. The maximum Gasteiger partial charge on any atom is 0.266 e. The van der Waals surface area contributed by atoms with Gasteiger partial charge in [0, 0.05) is 28.4 Å². The highest BCUT2D eigenvalue weighted by atomic mass is 35.5. The normalized spacial score (nSPS) is 19.5. The minimum absolute atomic E-state index is 0.00931. The van der Waals surface area contributed by atoms with Crippen molar-refractivity contribution in [1.29, 1.82) is 0 Å². The van der Waals surface area contributed by atoms with Crippen LogP contribution in [0.4, 0.5) is 11.4 Å². The van der Waals surface area contributed by atoms with Crippen LogP contribution in [0.5, 0.6) is 0 Å². The number of aliphatic imine (C=N–C) groups is 1. The maximum atomic E-state index is 13.1. The number of anilines is 1. The molecule has 0 spiro atoms. The minimum atomic E-state index is -0.00931. The third-order valence-electron chi connectivity index (χ3n) is 5.57. The van der Waals surface area contributed by atoms with Crippen LogP contribution in [0.1, 0.15) is 13.8 Å². The summed E-state index contributed by atoms with van der Waals surface area (Å²) in [6, 6.07) is 20.2. The van der Waals surface area contributed by atoms with Gasteiger partial charge in [-0.05, 0) is 67.4 Å². The summed E-state index contributed by atoms with van der Waals surface area (Å²) in [5.74, 6) is -0.00931. The molecule has 1 saturated heterocycles. The van der Waals surface area contributed by atoms with Crippen LogP contribution in [0, 0.1) is 0 Å². The van der Waals surface area contributed by atoms with Gasteiger partial charge in [0.1, 0.15) is 0 Å². The quantitative estimate of drug-likeness (QED) is 0.355. The summed E-state index contributed by atoms with van der Waals surface area (Å²) in [5, 5.41) is 4.73. The number of carbonyl (C=O) groups is 1. The summed E-state index contributed by atoms with van der Waals surface area (Å²) in [6.07, 6.45) is 3.94. The van der Waals surface area contributed by atoms with Crippen molar-refractivity contribution in [2.24, 2.45) is 4.99 Å². The molecule has 0 unspecified atom stereocenters. The van der Waals surface area contributed by atoms with Gasteiger partial charge >= 0.3 is 0 Å². The average molecular weight is 492 g/mol. The topological polar surface area (TPSA) is 35.9 Å². The molecule has 4 nitrogen and oxygen atoms in total. The molecule has 3 aromatic carbocycles. The molecular formula is C26H22ClN3OS2. The van der Waals surface area contributed by atoms with Crippen LogP contribution >= 0.6 is 35.1 Å². The second-order valence-corrected chi connectivity index (χ2v) is 10.0. The molecule has 0 radical (unpaired) electrons. The number of hydrogen-bond acceptors (Lipinski definition) is 5. The SMILES string of the molecule is CCN1C(=O)/C(=C\C=C2/Sc3ccc(Cl)cc3N2CC)SC1=Nc1cccc2ccccc12. The van der Waals surface area contributed by atoms with Gasteiger partial charge < -0.3 is 4.90 Å². The van der Waals surface area contributed by atoms with Crippen molar-refractivity contribution in [1.82, 2.24) is 4.90 Å². The number of amidine groups is 1. The van der Waals surface area contributed by atoms with E-state index >= 15 is 0 Å². The number of allylic oxidation sites excluding steroid dienone is 2. The lowest BCUT2D eigenvalue weighted by atomic mass is 10.1. The Hall–Kier alpha value is -2.67. The van der Waals surface area contributed by atoms with Crippen LogP contribution in [-0.2, 0) is 4.79 Å². The second-order valence-electron chi connectivity index (χ2n) is 7.54. The number of rotatable bonds is 4. The van der Waals surface area contributed by atoms with Crippen LogP contribution in [0.25, 0.3) is 10.8 Å². The first-order valence-corrected chi connectivity index (χ1v) is 12.8. The van der Waals surface area contributed by atoms with Gasteiger partial charge in [-0.1, -0.05) is 59.8 Å². The van der Waals surface area contributed by atoms with E-state index in [1.807, 2.05) is 61.5 Å². The lowest BCUT2D eigenvalue weighted by Crippen LogP contribution is -2.28. The van der Waals surface area contributed by atoms with Crippen LogP contribution in [0.3, 0.4) is 0 Å². The highest BCUT2D eigenvalue weighted by molar-refractivity contribution is 8.18. The Morgan fingerprint density at radius 2 is 1.73 bits per heavy atom. The molecule has 0 bridgehead atoms. The third-order valence-corrected chi connectivity index (χ3v) is 7.96. The summed E-state index contributed by atoms with van der Waals surface area (Å²) in [6.45, 7) is 5.49. The average Bonchev–Trinajstić information content (AvgIpc) is 3.33. The van der Waals surface area contributed by atoms with Gasteiger partial charge in [0.2, 0.25) is 0 Å². The van der Waals surface area contributed by atoms with Crippen molar-refractivity contribution < 1.29 is 4.79 Å². The Bertz CT molecular complexity index is 1340. The Kier molecular flexibility index (Phi) is 6.23. The fourth-order valence-electron chi connectivity index (χ4n) is 3.96. The van der Waals surface area contributed by atoms with Crippen molar-refractivity contribution in [3.05, 3.63) is 87.8 Å². The van der Waals surface area contributed by atoms with Crippen molar-refractivity contribution >= 4 is 68.3 Å². The Morgan fingerprint density at radius 3 is 2.55 bits per heavy atom. The van der Waals surface area contributed by atoms with E-state index in [0.717, 1.165) is 38.7 Å². The van der Waals surface area contributed by atoms with E-state index in [-0.39, 0.29) is 5.91 Å². The molecule has 2 heterocycles. The van der Waals surface area contributed by atoms with E-state index in [9.17, 15) is 4.79 Å². The largest absolute Gasteiger partial charge is 0.335 e. The fourth-order valence-corrected chi connectivity index (χ4v) is 6.24. The number of halogens is 1. The van der Waals surface area contributed by atoms with Crippen molar-refractivity contribution in [2.75, 3.05) is 18.0 Å². The second kappa shape index (κ2) is 9.29. The van der Waals surface area contributed by atoms with E-state index in [0.29, 0.717) is 16.6 Å². The molecule has 7 heteroatoms. The van der Waals surface area contributed by atoms with Gasteiger partial charge in [-0.3, -0.25) is 9.69 Å². The van der Waals surface area contributed by atoms with E-state index in [1.165, 1.54) is 16.7 Å². The van der Waals surface area contributed by atoms with Gasteiger partial charge in [0.05, 0.1) is 21.3 Å². The number of amides is 1. The molecule has 1 fully saturated rings. The lowest BCUT2D eigenvalue weighted by molar-refractivity contribution is -0.122. The maximum absolute atomic E-state index is 13.1. The zero-order valence-corrected chi connectivity index (χ0v) is 20.7. The van der Waals surface area contributed by atoms with Crippen LogP contribution < -0.4 is 4.90 Å². The van der Waals surface area contributed by atoms with Gasteiger partial charge in [0.15, 0.2) is 5.17 Å². The van der Waals surface area contributed by atoms with Crippen LogP contribution in [0.15, 0.2) is 92.6 Å². The van der Waals surface area contributed by atoms with E-state index < -0.39 is 0 Å². The monoisotopic (exact) mass is 491 g/mol. The molecule has 0 atom stereocenters. The Labute approximate surface area is 207 Å². The van der Waals surface area contributed by atoms with Gasteiger partial charge in [-0.2, -0.15) is 0 Å². The fraction of sp³-hybridized carbons (Fsp3) is 0.154. The molecule has 0 aliphatic carbocycles. The zero-order chi connectivity index (χ0) is 22.9. The molecule has 0 N–H and O–H groups in total. The first-order chi connectivity index (χ1) is 16.1. The zero-order valence-electron chi connectivity index (χ0n) is 18.3. The predicted octanol–water partition coefficient (Wildman–Crippen LogP) is 7.43. The summed E-state index contributed by atoms with van der Waals surface area (Å²) < 4.78 is 0. The van der Waals surface area contributed by atoms with Crippen LogP contribution in [-0.4, -0.2) is 29.1 Å². The highest BCUT2D eigenvalue weighted by Crippen LogP contribution is 2.47. The lowest BCUT2D eigenvalue weighted by Gasteiger charge is -2.17.